The van der Waals surface area contributed by atoms with E-state index in [1.807, 2.05) is 24.3 Å². The third kappa shape index (κ3) is 5.33. The Morgan fingerprint density at radius 2 is 1.80 bits per heavy atom. The maximum Gasteiger partial charge on any atom is 0.234 e. The summed E-state index contributed by atoms with van der Waals surface area (Å²) in [4.78, 5) is 15.3. The van der Waals surface area contributed by atoms with Crippen molar-refractivity contribution >= 4 is 5.91 Å². The number of nitrogens with zero attached hydrogens (tertiary/aromatic N) is 1. The van der Waals surface area contributed by atoms with Gasteiger partial charge in [-0.1, -0.05) is 50.2 Å². The number of ether oxygens (including phenoxy) is 2. The van der Waals surface area contributed by atoms with E-state index in [1.54, 1.807) is 0 Å². The Morgan fingerprint density at radius 1 is 1.07 bits per heavy atom. The highest BCUT2D eigenvalue weighted by atomic mass is 16.5. The fourth-order valence-corrected chi connectivity index (χ4v) is 3.98. The lowest BCUT2D eigenvalue weighted by atomic mass is 9.95. The van der Waals surface area contributed by atoms with Crippen LogP contribution >= 0.6 is 0 Å². The molecule has 1 saturated carbocycles. The molecule has 0 saturated heterocycles. The average molecular weight is 409 g/mol. The van der Waals surface area contributed by atoms with Crippen LogP contribution in [0, 0.1) is 5.92 Å². The van der Waals surface area contributed by atoms with Gasteiger partial charge in [-0.3, -0.25) is 9.69 Å². The molecule has 1 fully saturated rings. The Bertz CT molecular complexity index is 849. The molecule has 1 aliphatic carbocycles. The lowest BCUT2D eigenvalue weighted by Crippen LogP contribution is -2.40. The zero-order valence-electron chi connectivity index (χ0n) is 18.0. The number of hydrogen-bond acceptors (Lipinski definition) is 4. The van der Waals surface area contributed by atoms with Crippen molar-refractivity contribution in [3.05, 3.63) is 59.7 Å². The molecule has 0 radical (unpaired) electrons. The maximum absolute atomic E-state index is 13.0. The van der Waals surface area contributed by atoms with Gasteiger partial charge >= 0.3 is 0 Å². The highest BCUT2D eigenvalue weighted by Crippen LogP contribution is 2.34. The number of fused-ring (bicyclic) bond motifs is 1. The van der Waals surface area contributed by atoms with E-state index in [2.05, 4.69) is 48.3 Å². The summed E-state index contributed by atoms with van der Waals surface area (Å²) < 4.78 is 11.6. The van der Waals surface area contributed by atoms with Crippen LogP contribution in [0.2, 0.25) is 0 Å². The van der Waals surface area contributed by atoms with Crippen LogP contribution in [0.25, 0.3) is 0 Å². The topological polar surface area (TPSA) is 50.8 Å². The number of nitrogens with one attached hydrogen (secondary N) is 1. The molecule has 1 aliphatic heterocycles. The van der Waals surface area contributed by atoms with Crippen molar-refractivity contribution in [3.8, 4) is 11.5 Å². The van der Waals surface area contributed by atoms with E-state index in [1.165, 1.54) is 18.4 Å². The Labute approximate surface area is 179 Å². The molecule has 2 aromatic carbocycles. The number of amides is 1. The van der Waals surface area contributed by atoms with Gasteiger partial charge in [-0.25, -0.2) is 0 Å². The summed E-state index contributed by atoms with van der Waals surface area (Å²) in [5, 5.41) is 3.28. The lowest BCUT2D eigenvalue weighted by Gasteiger charge is -2.27. The van der Waals surface area contributed by atoms with Gasteiger partial charge in [-0.2, -0.15) is 0 Å². The predicted molar refractivity (Wildman–Crippen MR) is 118 cm³/mol. The van der Waals surface area contributed by atoms with Gasteiger partial charge in [0.25, 0.3) is 0 Å². The van der Waals surface area contributed by atoms with E-state index in [-0.39, 0.29) is 17.9 Å². The van der Waals surface area contributed by atoms with Crippen LogP contribution in [0.3, 0.4) is 0 Å². The van der Waals surface area contributed by atoms with Crippen LogP contribution in [0.15, 0.2) is 48.5 Å². The summed E-state index contributed by atoms with van der Waals surface area (Å²) >= 11 is 0. The van der Waals surface area contributed by atoms with Crippen molar-refractivity contribution in [3.63, 3.8) is 0 Å². The van der Waals surface area contributed by atoms with Crippen molar-refractivity contribution in [2.45, 2.75) is 51.7 Å². The van der Waals surface area contributed by atoms with Crippen LogP contribution in [-0.4, -0.2) is 36.6 Å². The summed E-state index contributed by atoms with van der Waals surface area (Å²) in [6.45, 7) is 6.84. The van der Waals surface area contributed by atoms with Gasteiger partial charge in [0.2, 0.25) is 5.91 Å². The molecule has 0 aromatic heterocycles. The predicted octanol–water partition coefficient (Wildman–Crippen LogP) is 4.33. The van der Waals surface area contributed by atoms with Crippen molar-refractivity contribution in [1.82, 2.24) is 10.2 Å². The SMILES string of the molecule is CC(C)C(NC(=O)CN(Cc1ccccc1)C1CC1)c1ccc2c(c1)OCCCO2. The number of carbonyl (C=O) groups excluding carboxylic acids is 1. The zero-order chi connectivity index (χ0) is 20.9. The number of benzene rings is 2. The summed E-state index contributed by atoms with van der Waals surface area (Å²) in [5.74, 6) is 1.90. The molecule has 5 nitrogen and oxygen atoms in total. The van der Waals surface area contributed by atoms with Crippen LogP contribution in [-0.2, 0) is 11.3 Å². The summed E-state index contributed by atoms with van der Waals surface area (Å²) in [6.07, 6.45) is 3.23. The minimum absolute atomic E-state index is 0.0626. The van der Waals surface area contributed by atoms with Gasteiger partial charge in [0.15, 0.2) is 11.5 Å². The number of carbonyl (C=O) groups is 1. The zero-order valence-corrected chi connectivity index (χ0v) is 18.0. The van der Waals surface area contributed by atoms with Gasteiger partial charge in [0.05, 0.1) is 25.8 Å². The molecule has 1 amide bonds. The van der Waals surface area contributed by atoms with Gasteiger partial charge in [0.1, 0.15) is 0 Å². The summed E-state index contributed by atoms with van der Waals surface area (Å²) in [5.41, 5.74) is 2.31. The normalized spacial score (nSPS) is 16.9. The number of rotatable bonds is 8. The van der Waals surface area contributed by atoms with Crippen molar-refractivity contribution in [1.29, 1.82) is 0 Å². The van der Waals surface area contributed by atoms with E-state index < -0.39 is 0 Å². The minimum atomic E-state index is -0.0626. The van der Waals surface area contributed by atoms with Crippen molar-refractivity contribution < 1.29 is 14.3 Å². The third-order valence-electron chi connectivity index (χ3n) is 5.75. The Hall–Kier alpha value is -2.53. The lowest BCUT2D eigenvalue weighted by molar-refractivity contribution is -0.123. The fraction of sp³-hybridized carbons (Fsp3) is 0.480. The van der Waals surface area contributed by atoms with Crippen molar-refractivity contribution in [2.75, 3.05) is 19.8 Å². The first kappa shape index (κ1) is 20.7. The summed E-state index contributed by atoms with van der Waals surface area (Å²) in [7, 11) is 0. The second-order valence-corrected chi connectivity index (χ2v) is 8.67. The van der Waals surface area contributed by atoms with E-state index in [9.17, 15) is 4.79 Å². The molecule has 0 spiro atoms. The summed E-state index contributed by atoms with van der Waals surface area (Å²) in [6, 6.07) is 16.9. The standard InChI is InChI=1S/C25H32N2O3/c1-18(2)25(20-9-12-22-23(15-20)30-14-6-13-29-22)26-24(28)17-27(21-10-11-21)16-19-7-4-3-5-8-19/h3-5,7-9,12,15,18,21,25H,6,10-11,13-14,16-17H2,1-2H3,(H,26,28). The average Bonchev–Trinajstić information content (AvgIpc) is 3.59. The largest absolute Gasteiger partial charge is 0.490 e. The molecule has 2 aliphatic rings. The first-order valence-electron chi connectivity index (χ1n) is 11.1. The molecule has 1 N–H and O–H groups in total. The molecule has 1 atom stereocenters. The molecule has 30 heavy (non-hydrogen) atoms. The van der Waals surface area contributed by atoms with Crippen LogP contribution < -0.4 is 14.8 Å². The Balaban J connectivity index is 1.43. The highest BCUT2D eigenvalue weighted by Gasteiger charge is 2.31. The Morgan fingerprint density at radius 3 is 2.50 bits per heavy atom. The number of hydrogen-bond donors (Lipinski definition) is 1. The monoisotopic (exact) mass is 408 g/mol. The van der Waals surface area contributed by atoms with Crippen LogP contribution in [0.1, 0.15) is 50.3 Å². The molecule has 160 valence electrons. The van der Waals surface area contributed by atoms with Gasteiger partial charge < -0.3 is 14.8 Å². The molecule has 0 bridgehead atoms. The molecular weight excluding hydrogens is 376 g/mol. The van der Waals surface area contributed by atoms with E-state index in [0.29, 0.717) is 25.8 Å². The Kier molecular flexibility index (Phi) is 6.58. The van der Waals surface area contributed by atoms with Crippen LogP contribution in [0.5, 0.6) is 11.5 Å². The second kappa shape index (κ2) is 9.52. The van der Waals surface area contributed by atoms with Gasteiger partial charge in [-0.05, 0) is 42.0 Å². The maximum atomic E-state index is 13.0. The molecule has 1 unspecified atom stereocenters. The van der Waals surface area contributed by atoms with Gasteiger partial charge in [0, 0.05) is 19.0 Å². The molecule has 1 heterocycles. The molecule has 4 rings (SSSR count). The van der Waals surface area contributed by atoms with Crippen LogP contribution in [0.4, 0.5) is 0 Å². The van der Waals surface area contributed by atoms with Crippen molar-refractivity contribution in [2.24, 2.45) is 5.92 Å². The van der Waals surface area contributed by atoms with E-state index in [4.69, 9.17) is 9.47 Å². The van der Waals surface area contributed by atoms with E-state index in [0.717, 1.165) is 30.0 Å². The van der Waals surface area contributed by atoms with Gasteiger partial charge in [-0.15, -0.1) is 0 Å². The van der Waals surface area contributed by atoms with E-state index >= 15 is 0 Å². The quantitative estimate of drug-likeness (QED) is 0.707. The third-order valence-corrected chi connectivity index (χ3v) is 5.75. The minimum Gasteiger partial charge on any atom is -0.490 e. The fourth-order valence-electron chi connectivity index (χ4n) is 3.98. The molecule has 5 heteroatoms. The first-order chi connectivity index (χ1) is 14.6. The molecular formula is C25H32N2O3. The highest BCUT2D eigenvalue weighted by molar-refractivity contribution is 5.78. The second-order valence-electron chi connectivity index (χ2n) is 8.67. The molecule has 2 aromatic rings. The smallest absolute Gasteiger partial charge is 0.234 e. The first-order valence-corrected chi connectivity index (χ1v) is 11.1.